The quantitative estimate of drug-likeness (QED) is 0.671. The molecule has 6 heteroatoms. The minimum Gasteiger partial charge on any atom is -0.339 e. The van der Waals surface area contributed by atoms with Gasteiger partial charge in [-0.25, -0.2) is 8.42 Å². The van der Waals surface area contributed by atoms with E-state index in [0.717, 1.165) is 50.0 Å². The first-order chi connectivity index (χ1) is 12.6. The first-order valence-electron chi connectivity index (χ1n) is 9.99. The van der Waals surface area contributed by atoms with Crippen molar-refractivity contribution in [3.63, 3.8) is 0 Å². The second kappa shape index (κ2) is 9.09. The Morgan fingerprint density at radius 1 is 1.11 bits per heavy atom. The van der Waals surface area contributed by atoms with Crippen molar-refractivity contribution < 1.29 is 13.2 Å². The number of sulfonamides is 1. The molecule has 1 aliphatic rings. The molecule has 27 heavy (non-hydrogen) atoms. The minimum atomic E-state index is -3.29. The Hall–Kier alpha value is -1.56. The van der Waals surface area contributed by atoms with E-state index in [0.29, 0.717) is 23.9 Å². The lowest BCUT2D eigenvalue weighted by atomic mass is 10.00. The molecule has 5 nitrogen and oxygen atoms in total. The number of carbonyl (C=O) groups excluding carboxylic acids is 1. The third-order valence-corrected chi connectivity index (χ3v) is 6.22. The molecule has 1 aromatic rings. The number of anilines is 1. The number of aryl methyl sites for hydroxylation is 1. The van der Waals surface area contributed by atoms with Crippen molar-refractivity contribution in [2.75, 3.05) is 30.2 Å². The normalized spacial score (nSPS) is 14.6. The Balaban J connectivity index is 2.25. The van der Waals surface area contributed by atoms with Crippen LogP contribution in [0.25, 0.3) is 0 Å². The van der Waals surface area contributed by atoms with Gasteiger partial charge in [0, 0.05) is 25.2 Å². The van der Waals surface area contributed by atoms with Crippen LogP contribution in [0.4, 0.5) is 5.69 Å². The molecule has 1 aliphatic heterocycles. The molecule has 1 heterocycles. The van der Waals surface area contributed by atoms with Crippen molar-refractivity contribution in [2.45, 2.75) is 53.4 Å². The smallest absolute Gasteiger partial charge is 0.253 e. The van der Waals surface area contributed by atoms with Crippen molar-refractivity contribution in [1.29, 1.82) is 0 Å². The SMILES string of the molecule is CC(C)CCN(CCC(C)C)C(=O)c1ccc2c(c1)CCCN2S(C)(=O)=O. The second-order valence-corrected chi connectivity index (χ2v) is 10.3. The largest absolute Gasteiger partial charge is 0.339 e. The number of hydrogen-bond acceptors (Lipinski definition) is 3. The number of carbonyl (C=O) groups is 1. The summed E-state index contributed by atoms with van der Waals surface area (Å²) >= 11 is 0. The summed E-state index contributed by atoms with van der Waals surface area (Å²) in [5.41, 5.74) is 2.33. The van der Waals surface area contributed by atoms with Gasteiger partial charge in [0.05, 0.1) is 11.9 Å². The average Bonchev–Trinajstić information content (AvgIpc) is 2.59. The first-order valence-corrected chi connectivity index (χ1v) is 11.8. The van der Waals surface area contributed by atoms with Gasteiger partial charge in [-0.3, -0.25) is 9.10 Å². The molecule has 0 spiro atoms. The fourth-order valence-electron chi connectivity index (χ4n) is 3.37. The Morgan fingerprint density at radius 3 is 2.22 bits per heavy atom. The third kappa shape index (κ3) is 5.96. The summed E-state index contributed by atoms with van der Waals surface area (Å²) < 4.78 is 25.5. The molecule has 1 aromatic carbocycles. The van der Waals surface area contributed by atoms with Crippen molar-refractivity contribution in [1.82, 2.24) is 4.90 Å². The van der Waals surface area contributed by atoms with Gasteiger partial charge in [-0.2, -0.15) is 0 Å². The molecule has 0 saturated heterocycles. The summed E-state index contributed by atoms with van der Waals surface area (Å²) in [5, 5.41) is 0. The van der Waals surface area contributed by atoms with Crippen LogP contribution in [0.3, 0.4) is 0 Å². The summed E-state index contributed by atoms with van der Waals surface area (Å²) in [5.74, 6) is 1.15. The lowest BCUT2D eigenvalue weighted by Crippen LogP contribution is -2.36. The van der Waals surface area contributed by atoms with Crippen LogP contribution in [0.15, 0.2) is 18.2 Å². The molecule has 0 bridgehead atoms. The predicted molar refractivity (Wildman–Crippen MR) is 112 cm³/mol. The zero-order valence-electron chi connectivity index (χ0n) is 17.4. The number of benzene rings is 1. The van der Waals surface area contributed by atoms with E-state index in [-0.39, 0.29) is 5.91 Å². The molecule has 0 atom stereocenters. The monoisotopic (exact) mass is 394 g/mol. The number of rotatable bonds is 8. The molecule has 0 unspecified atom stereocenters. The Morgan fingerprint density at radius 2 is 1.70 bits per heavy atom. The number of hydrogen-bond donors (Lipinski definition) is 0. The van der Waals surface area contributed by atoms with E-state index in [2.05, 4.69) is 27.7 Å². The lowest BCUT2D eigenvalue weighted by Gasteiger charge is -2.30. The van der Waals surface area contributed by atoms with Gasteiger partial charge in [0.25, 0.3) is 5.91 Å². The van der Waals surface area contributed by atoms with Crippen LogP contribution in [0.5, 0.6) is 0 Å². The minimum absolute atomic E-state index is 0.0515. The zero-order chi connectivity index (χ0) is 20.2. The molecule has 0 aliphatic carbocycles. The van der Waals surface area contributed by atoms with Gasteiger partial charge in [0.1, 0.15) is 0 Å². The molecule has 0 N–H and O–H groups in total. The van der Waals surface area contributed by atoms with Crippen molar-refractivity contribution >= 4 is 21.6 Å². The van der Waals surface area contributed by atoms with Crippen molar-refractivity contribution in [2.24, 2.45) is 11.8 Å². The van der Waals surface area contributed by atoms with E-state index in [1.54, 1.807) is 12.1 Å². The molecule has 2 rings (SSSR count). The summed E-state index contributed by atoms with van der Waals surface area (Å²) in [6.45, 7) is 10.7. The maximum atomic E-state index is 13.1. The molecule has 0 saturated carbocycles. The molecular weight excluding hydrogens is 360 g/mol. The zero-order valence-corrected chi connectivity index (χ0v) is 18.2. The maximum absolute atomic E-state index is 13.1. The highest BCUT2D eigenvalue weighted by atomic mass is 32.2. The van der Waals surface area contributed by atoms with Crippen LogP contribution in [-0.4, -0.2) is 45.1 Å². The summed E-state index contributed by atoms with van der Waals surface area (Å²) in [4.78, 5) is 15.1. The van der Waals surface area contributed by atoms with Gasteiger partial charge in [-0.15, -0.1) is 0 Å². The standard InChI is InChI=1S/C21H34N2O3S/c1-16(2)10-13-22(14-11-17(3)4)21(24)19-8-9-20-18(15-19)7-6-12-23(20)27(5,25)26/h8-9,15-17H,6-7,10-14H2,1-5H3. The average molecular weight is 395 g/mol. The topological polar surface area (TPSA) is 57.7 Å². The fraction of sp³-hybridized carbons (Fsp3) is 0.667. The summed E-state index contributed by atoms with van der Waals surface area (Å²) in [7, 11) is -3.29. The molecule has 1 amide bonds. The van der Waals surface area contributed by atoms with Crippen LogP contribution < -0.4 is 4.31 Å². The van der Waals surface area contributed by atoms with E-state index >= 15 is 0 Å². The molecule has 0 radical (unpaired) electrons. The highest BCUT2D eigenvalue weighted by Crippen LogP contribution is 2.30. The van der Waals surface area contributed by atoms with Crippen molar-refractivity contribution in [3.8, 4) is 0 Å². The van der Waals surface area contributed by atoms with E-state index in [9.17, 15) is 13.2 Å². The van der Waals surface area contributed by atoms with Gasteiger partial charge >= 0.3 is 0 Å². The second-order valence-electron chi connectivity index (χ2n) is 8.44. The lowest BCUT2D eigenvalue weighted by molar-refractivity contribution is 0.0740. The number of amides is 1. The van der Waals surface area contributed by atoms with Gasteiger partial charge in [-0.1, -0.05) is 27.7 Å². The van der Waals surface area contributed by atoms with Crippen LogP contribution in [0.1, 0.15) is 62.9 Å². The third-order valence-electron chi connectivity index (χ3n) is 5.04. The van der Waals surface area contributed by atoms with Gasteiger partial charge in [-0.05, 0) is 61.3 Å². The Labute approximate surface area is 164 Å². The predicted octanol–water partition coefficient (Wildman–Crippen LogP) is 3.93. The number of fused-ring (bicyclic) bond motifs is 1. The molecule has 0 aromatic heterocycles. The first kappa shape index (κ1) is 21.7. The Bertz CT molecular complexity index is 745. The van der Waals surface area contributed by atoms with Crippen molar-refractivity contribution in [3.05, 3.63) is 29.3 Å². The molecule has 0 fully saturated rings. The number of nitrogens with zero attached hydrogens (tertiary/aromatic N) is 2. The van der Waals surface area contributed by atoms with Crippen LogP contribution in [0.2, 0.25) is 0 Å². The maximum Gasteiger partial charge on any atom is 0.253 e. The van der Waals surface area contributed by atoms with E-state index in [1.807, 2.05) is 11.0 Å². The summed E-state index contributed by atoms with van der Waals surface area (Å²) in [6, 6.07) is 5.47. The Kier molecular flexibility index (Phi) is 7.32. The van der Waals surface area contributed by atoms with E-state index < -0.39 is 10.0 Å². The van der Waals surface area contributed by atoms with Gasteiger partial charge in [0.2, 0.25) is 10.0 Å². The molecular formula is C21H34N2O3S. The highest BCUT2D eigenvalue weighted by molar-refractivity contribution is 7.92. The van der Waals surface area contributed by atoms with Crippen LogP contribution in [-0.2, 0) is 16.4 Å². The van der Waals surface area contributed by atoms with Crippen LogP contribution in [0, 0.1) is 11.8 Å². The van der Waals surface area contributed by atoms with Gasteiger partial charge in [0.15, 0.2) is 0 Å². The van der Waals surface area contributed by atoms with E-state index in [1.165, 1.54) is 10.6 Å². The highest BCUT2D eigenvalue weighted by Gasteiger charge is 2.25. The van der Waals surface area contributed by atoms with E-state index in [4.69, 9.17) is 0 Å². The van der Waals surface area contributed by atoms with Crippen LogP contribution >= 0.6 is 0 Å². The summed E-state index contributed by atoms with van der Waals surface area (Å²) in [6.07, 6.45) is 4.79. The van der Waals surface area contributed by atoms with Gasteiger partial charge < -0.3 is 4.90 Å². The molecule has 152 valence electrons. The fourth-order valence-corrected chi connectivity index (χ4v) is 4.36.